The molecule has 4 rings (SSSR count). The van der Waals surface area contributed by atoms with Crippen molar-refractivity contribution < 1.29 is 9.53 Å². The molecule has 0 bridgehead atoms. The normalized spacial score (nSPS) is 16.6. The largest absolute Gasteiger partial charge is 0.469 e. The smallest absolute Gasteiger partial charge is 0.314 e. The number of esters is 1. The second kappa shape index (κ2) is 7.49. The fourth-order valence-electron chi connectivity index (χ4n) is 3.97. The van der Waals surface area contributed by atoms with E-state index < -0.39 is 0 Å². The third-order valence-electron chi connectivity index (χ3n) is 5.21. The third kappa shape index (κ3) is 3.30. The van der Waals surface area contributed by atoms with Crippen molar-refractivity contribution in [2.75, 3.05) is 7.11 Å². The summed E-state index contributed by atoms with van der Waals surface area (Å²) in [6.45, 7) is 0. The van der Waals surface area contributed by atoms with Gasteiger partial charge in [-0.05, 0) is 54.7 Å². The maximum Gasteiger partial charge on any atom is 0.314 e. The minimum atomic E-state index is -0.353. The first-order valence-electron chi connectivity index (χ1n) is 9.05. The molecule has 3 nitrogen and oxygen atoms in total. The number of hydrogen-bond acceptors (Lipinski definition) is 3. The zero-order valence-electron chi connectivity index (χ0n) is 15.0. The zero-order valence-corrected chi connectivity index (χ0v) is 16.5. The van der Waals surface area contributed by atoms with E-state index in [4.69, 9.17) is 32.9 Å². The molecule has 0 saturated carbocycles. The Morgan fingerprint density at radius 1 is 1.15 bits per heavy atom. The van der Waals surface area contributed by atoms with Gasteiger partial charge in [0.15, 0.2) is 0 Å². The fraction of sp³-hybridized carbons (Fsp3) is 0.273. The standard InChI is InChI=1S/C22H19Cl2NO2/c1-27-22(26)16-8-3-2-7-15-20(14-6-4-5-9-18(14)24)17-12-13(23)10-11-19(17)25-21(15)16/h4-6,9-12,16H,2-3,7-8H2,1H3/t16-/m1/s1. The van der Waals surface area contributed by atoms with Gasteiger partial charge in [-0.15, -0.1) is 0 Å². The molecule has 1 aromatic heterocycles. The first-order chi connectivity index (χ1) is 13.1. The summed E-state index contributed by atoms with van der Waals surface area (Å²) in [6, 6.07) is 13.4. The van der Waals surface area contributed by atoms with Crippen LogP contribution >= 0.6 is 23.2 Å². The highest BCUT2D eigenvalue weighted by atomic mass is 35.5. The van der Waals surface area contributed by atoms with Crippen LogP contribution in [0.2, 0.25) is 10.0 Å². The van der Waals surface area contributed by atoms with Gasteiger partial charge < -0.3 is 4.74 Å². The molecule has 3 aromatic rings. The molecule has 0 N–H and O–H groups in total. The van der Waals surface area contributed by atoms with Crippen molar-refractivity contribution in [3.8, 4) is 11.1 Å². The lowest BCUT2D eigenvalue weighted by molar-refractivity contribution is -0.142. The molecule has 138 valence electrons. The Hall–Kier alpha value is -2.10. The molecule has 0 spiro atoms. The van der Waals surface area contributed by atoms with E-state index in [1.807, 2.05) is 42.5 Å². The van der Waals surface area contributed by atoms with E-state index in [-0.39, 0.29) is 11.9 Å². The van der Waals surface area contributed by atoms with Crippen molar-refractivity contribution in [3.05, 3.63) is 63.8 Å². The molecule has 0 saturated heterocycles. The number of fused-ring (bicyclic) bond motifs is 2. The van der Waals surface area contributed by atoms with Crippen LogP contribution in [0.3, 0.4) is 0 Å². The number of carbonyl (C=O) groups is 1. The molecule has 0 aliphatic heterocycles. The van der Waals surface area contributed by atoms with E-state index in [9.17, 15) is 4.79 Å². The quantitative estimate of drug-likeness (QED) is 0.380. The monoisotopic (exact) mass is 399 g/mol. The molecule has 5 heteroatoms. The van der Waals surface area contributed by atoms with Crippen molar-refractivity contribution >= 4 is 40.1 Å². The molecule has 1 atom stereocenters. The van der Waals surface area contributed by atoms with E-state index in [0.29, 0.717) is 10.0 Å². The highest BCUT2D eigenvalue weighted by Crippen LogP contribution is 2.42. The van der Waals surface area contributed by atoms with Crippen molar-refractivity contribution in [1.29, 1.82) is 0 Å². The molecule has 1 aliphatic rings. The number of benzene rings is 2. The first-order valence-corrected chi connectivity index (χ1v) is 9.80. The van der Waals surface area contributed by atoms with Gasteiger partial charge in [-0.3, -0.25) is 9.78 Å². The van der Waals surface area contributed by atoms with Crippen LogP contribution in [-0.2, 0) is 16.0 Å². The van der Waals surface area contributed by atoms with Gasteiger partial charge in [0, 0.05) is 21.0 Å². The van der Waals surface area contributed by atoms with Crippen LogP contribution in [0.5, 0.6) is 0 Å². The topological polar surface area (TPSA) is 39.2 Å². The number of halogens is 2. The number of ether oxygens (including phenoxy) is 1. The fourth-order valence-corrected chi connectivity index (χ4v) is 4.37. The summed E-state index contributed by atoms with van der Waals surface area (Å²) in [5, 5.41) is 2.28. The van der Waals surface area contributed by atoms with E-state index in [1.165, 1.54) is 7.11 Å². The maximum atomic E-state index is 12.5. The van der Waals surface area contributed by atoms with E-state index in [2.05, 4.69) is 0 Å². The number of pyridine rings is 1. The van der Waals surface area contributed by atoms with Crippen LogP contribution in [0.15, 0.2) is 42.5 Å². The minimum absolute atomic E-state index is 0.232. The Labute approximate surface area is 168 Å². The van der Waals surface area contributed by atoms with E-state index in [0.717, 1.165) is 59.0 Å². The lowest BCUT2D eigenvalue weighted by Gasteiger charge is -2.20. The van der Waals surface area contributed by atoms with Crippen LogP contribution in [0, 0.1) is 0 Å². The van der Waals surface area contributed by atoms with Gasteiger partial charge >= 0.3 is 5.97 Å². The number of methoxy groups -OCH3 is 1. The molecule has 0 unspecified atom stereocenters. The van der Waals surface area contributed by atoms with Gasteiger partial charge in [0.25, 0.3) is 0 Å². The molecular weight excluding hydrogens is 381 g/mol. The summed E-state index contributed by atoms with van der Waals surface area (Å²) in [5.41, 5.74) is 4.66. The Balaban J connectivity index is 2.10. The lowest BCUT2D eigenvalue weighted by atomic mass is 9.89. The van der Waals surface area contributed by atoms with Crippen LogP contribution in [0.25, 0.3) is 22.0 Å². The second-order valence-corrected chi connectivity index (χ2v) is 7.66. The summed E-state index contributed by atoms with van der Waals surface area (Å²) in [7, 11) is 1.43. The van der Waals surface area contributed by atoms with Crippen LogP contribution < -0.4 is 0 Å². The molecule has 1 heterocycles. The predicted octanol–water partition coefficient (Wildman–Crippen LogP) is 6.19. The molecule has 2 aromatic carbocycles. The van der Waals surface area contributed by atoms with E-state index >= 15 is 0 Å². The average Bonchev–Trinajstić information content (AvgIpc) is 2.89. The van der Waals surface area contributed by atoms with Crippen molar-refractivity contribution in [2.24, 2.45) is 0 Å². The van der Waals surface area contributed by atoms with E-state index in [1.54, 1.807) is 0 Å². The summed E-state index contributed by atoms with van der Waals surface area (Å²) < 4.78 is 5.08. The predicted molar refractivity (Wildman–Crippen MR) is 110 cm³/mol. The molecule has 27 heavy (non-hydrogen) atoms. The van der Waals surface area contributed by atoms with Gasteiger partial charge in [0.05, 0.1) is 24.2 Å². The Bertz CT molecular complexity index is 1030. The third-order valence-corrected chi connectivity index (χ3v) is 5.77. The number of nitrogens with zero attached hydrogens (tertiary/aromatic N) is 1. The number of carbonyl (C=O) groups excluding carboxylic acids is 1. The van der Waals surface area contributed by atoms with Crippen LogP contribution in [-0.4, -0.2) is 18.1 Å². The molecule has 1 aliphatic carbocycles. The maximum absolute atomic E-state index is 12.5. The van der Waals surface area contributed by atoms with Gasteiger partial charge in [-0.1, -0.05) is 47.8 Å². The highest BCUT2D eigenvalue weighted by Gasteiger charge is 2.30. The number of aromatic nitrogens is 1. The van der Waals surface area contributed by atoms with Gasteiger partial charge in [-0.2, -0.15) is 0 Å². The molecular formula is C22H19Cl2NO2. The SMILES string of the molecule is COC(=O)[C@@H]1CCCCc2c1nc1ccc(Cl)cc1c2-c1ccccc1Cl. The second-order valence-electron chi connectivity index (χ2n) is 6.81. The Kier molecular flexibility index (Phi) is 5.07. The number of rotatable bonds is 2. The summed E-state index contributed by atoms with van der Waals surface area (Å²) >= 11 is 12.9. The first kappa shape index (κ1) is 18.3. The van der Waals surface area contributed by atoms with Gasteiger partial charge in [-0.25, -0.2) is 0 Å². The highest BCUT2D eigenvalue weighted by molar-refractivity contribution is 6.34. The summed E-state index contributed by atoms with van der Waals surface area (Å²) in [4.78, 5) is 17.4. The minimum Gasteiger partial charge on any atom is -0.469 e. The molecule has 0 fully saturated rings. The van der Waals surface area contributed by atoms with Gasteiger partial charge in [0.2, 0.25) is 0 Å². The van der Waals surface area contributed by atoms with Crippen LogP contribution in [0.4, 0.5) is 0 Å². The number of hydrogen-bond donors (Lipinski definition) is 0. The summed E-state index contributed by atoms with van der Waals surface area (Å²) in [5.74, 6) is -0.585. The van der Waals surface area contributed by atoms with Crippen molar-refractivity contribution in [3.63, 3.8) is 0 Å². The molecule has 0 amide bonds. The van der Waals surface area contributed by atoms with Crippen molar-refractivity contribution in [2.45, 2.75) is 31.6 Å². The Morgan fingerprint density at radius 2 is 1.96 bits per heavy atom. The zero-order chi connectivity index (χ0) is 19.0. The van der Waals surface area contributed by atoms with Crippen LogP contribution in [0.1, 0.15) is 36.4 Å². The van der Waals surface area contributed by atoms with Gasteiger partial charge in [0.1, 0.15) is 0 Å². The van der Waals surface area contributed by atoms with Crippen molar-refractivity contribution in [1.82, 2.24) is 4.98 Å². The average molecular weight is 400 g/mol. The molecule has 0 radical (unpaired) electrons. The summed E-state index contributed by atoms with van der Waals surface area (Å²) in [6.07, 6.45) is 3.54. The Morgan fingerprint density at radius 3 is 2.74 bits per heavy atom. The lowest BCUT2D eigenvalue weighted by Crippen LogP contribution is -2.17.